The highest BCUT2D eigenvalue weighted by atomic mass is 16.2. The van der Waals surface area contributed by atoms with Gasteiger partial charge in [-0.2, -0.15) is 0 Å². The van der Waals surface area contributed by atoms with Gasteiger partial charge < -0.3 is 16.0 Å². The first-order chi connectivity index (χ1) is 14.5. The van der Waals surface area contributed by atoms with Gasteiger partial charge in [0.25, 0.3) is 0 Å². The number of hydrogen-bond donors (Lipinski definition) is 3. The number of urea groups is 1. The van der Waals surface area contributed by atoms with Crippen LogP contribution in [0.1, 0.15) is 31.4 Å². The predicted octanol–water partition coefficient (Wildman–Crippen LogP) is 2.90. The Morgan fingerprint density at radius 3 is 2.27 bits per heavy atom. The minimum absolute atomic E-state index is 0.00528. The fourth-order valence-electron chi connectivity index (χ4n) is 3.73. The summed E-state index contributed by atoms with van der Waals surface area (Å²) in [6.07, 6.45) is 0.920. The van der Waals surface area contributed by atoms with Gasteiger partial charge >= 0.3 is 6.03 Å². The van der Waals surface area contributed by atoms with Crippen molar-refractivity contribution in [3.05, 3.63) is 71.8 Å². The molecule has 6 heteroatoms. The molecule has 6 nitrogen and oxygen atoms in total. The quantitative estimate of drug-likeness (QED) is 0.629. The zero-order valence-electron chi connectivity index (χ0n) is 17.8. The van der Waals surface area contributed by atoms with Gasteiger partial charge in [0.2, 0.25) is 5.91 Å². The van der Waals surface area contributed by atoms with E-state index in [1.807, 2.05) is 62.4 Å². The van der Waals surface area contributed by atoms with Crippen molar-refractivity contribution in [1.29, 1.82) is 0 Å². The van der Waals surface area contributed by atoms with Crippen LogP contribution >= 0.6 is 0 Å². The topological polar surface area (TPSA) is 73.5 Å². The minimum atomic E-state index is -0.566. The Labute approximate surface area is 179 Å². The first-order valence-corrected chi connectivity index (χ1v) is 10.7. The SMILES string of the molecule is CC(C)C(NC(=O)NCc1ccccc1)C(=O)NC1CCN(Cc2ccccc2)C1. The molecule has 1 saturated heterocycles. The summed E-state index contributed by atoms with van der Waals surface area (Å²) >= 11 is 0. The van der Waals surface area contributed by atoms with Crippen LogP contribution in [-0.4, -0.2) is 42.0 Å². The number of benzene rings is 2. The second-order valence-corrected chi connectivity index (χ2v) is 8.25. The smallest absolute Gasteiger partial charge is 0.315 e. The number of nitrogens with zero attached hydrogens (tertiary/aromatic N) is 1. The lowest BCUT2D eigenvalue weighted by molar-refractivity contribution is -0.124. The van der Waals surface area contributed by atoms with E-state index < -0.39 is 6.04 Å². The van der Waals surface area contributed by atoms with E-state index in [2.05, 4.69) is 33.0 Å². The summed E-state index contributed by atoms with van der Waals surface area (Å²) in [6, 6.07) is 19.3. The molecule has 3 N–H and O–H groups in total. The van der Waals surface area contributed by atoms with E-state index in [0.717, 1.165) is 31.6 Å². The van der Waals surface area contributed by atoms with E-state index >= 15 is 0 Å². The third-order valence-corrected chi connectivity index (χ3v) is 5.40. The summed E-state index contributed by atoms with van der Waals surface area (Å²) in [5.41, 5.74) is 2.30. The molecule has 0 aromatic heterocycles. The first-order valence-electron chi connectivity index (χ1n) is 10.7. The second-order valence-electron chi connectivity index (χ2n) is 8.25. The molecule has 1 aliphatic heterocycles. The van der Waals surface area contributed by atoms with Gasteiger partial charge in [-0.3, -0.25) is 9.69 Å². The molecule has 3 amide bonds. The summed E-state index contributed by atoms with van der Waals surface area (Å²) in [5.74, 6) is -0.124. The van der Waals surface area contributed by atoms with E-state index in [1.165, 1.54) is 5.56 Å². The van der Waals surface area contributed by atoms with Crippen LogP contribution in [0.15, 0.2) is 60.7 Å². The minimum Gasteiger partial charge on any atom is -0.350 e. The lowest BCUT2D eigenvalue weighted by atomic mass is 10.0. The average molecular weight is 409 g/mol. The largest absolute Gasteiger partial charge is 0.350 e. The van der Waals surface area contributed by atoms with Crippen molar-refractivity contribution in [2.24, 2.45) is 5.92 Å². The van der Waals surface area contributed by atoms with Gasteiger partial charge in [-0.25, -0.2) is 4.79 Å². The molecule has 30 heavy (non-hydrogen) atoms. The molecule has 2 atom stereocenters. The summed E-state index contributed by atoms with van der Waals surface area (Å²) < 4.78 is 0. The Morgan fingerprint density at radius 2 is 1.63 bits per heavy atom. The molecule has 0 spiro atoms. The van der Waals surface area contributed by atoms with Crippen molar-refractivity contribution in [3.63, 3.8) is 0 Å². The van der Waals surface area contributed by atoms with Crippen molar-refractivity contribution >= 4 is 11.9 Å². The molecule has 2 aromatic carbocycles. The van der Waals surface area contributed by atoms with Gasteiger partial charge in [-0.1, -0.05) is 74.5 Å². The standard InChI is InChI=1S/C24H32N4O2/c1-18(2)22(27-24(30)25-15-19-9-5-3-6-10-19)23(29)26-21-13-14-28(17-21)16-20-11-7-4-8-12-20/h3-12,18,21-22H,13-17H2,1-2H3,(H,26,29)(H2,25,27,30). The first kappa shape index (κ1) is 21.8. The summed E-state index contributed by atoms with van der Waals surface area (Å²) in [7, 11) is 0. The Kier molecular flexibility index (Phi) is 7.85. The Bertz CT molecular complexity index is 810. The third kappa shape index (κ3) is 6.59. The Morgan fingerprint density at radius 1 is 1.00 bits per heavy atom. The molecule has 1 aliphatic rings. The molecule has 1 heterocycles. The van der Waals surface area contributed by atoms with Gasteiger partial charge in [-0.05, 0) is 23.5 Å². The fraction of sp³-hybridized carbons (Fsp3) is 0.417. The number of likely N-dealkylation sites (tertiary alicyclic amines) is 1. The van der Waals surface area contributed by atoms with Gasteiger partial charge in [-0.15, -0.1) is 0 Å². The molecule has 2 aromatic rings. The van der Waals surface area contributed by atoms with Crippen molar-refractivity contribution in [3.8, 4) is 0 Å². The number of rotatable bonds is 8. The van der Waals surface area contributed by atoms with E-state index in [-0.39, 0.29) is 23.9 Å². The highest BCUT2D eigenvalue weighted by Gasteiger charge is 2.29. The zero-order chi connectivity index (χ0) is 21.3. The molecular formula is C24H32N4O2. The number of carbonyl (C=O) groups is 2. The van der Waals surface area contributed by atoms with Gasteiger partial charge in [0.15, 0.2) is 0 Å². The van der Waals surface area contributed by atoms with Crippen molar-refractivity contribution < 1.29 is 9.59 Å². The van der Waals surface area contributed by atoms with Crippen molar-refractivity contribution in [1.82, 2.24) is 20.9 Å². The normalized spacial score (nSPS) is 17.5. The molecule has 1 fully saturated rings. The predicted molar refractivity (Wildman–Crippen MR) is 119 cm³/mol. The van der Waals surface area contributed by atoms with E-state index in [9.17, 15) is 9.59 Å². The lowest BCUT2D eigenvalue weighted by Crippen LogP contribution is -2.54. The fourth-order valence-corrected chi connectivity index (χ4v) is 3.73. The maximum atomic E-state index is 12.8. The highest BCUT2D eigenvalue weighted by molar-refractivity contribution is 5.87. The number of hydrogen-bond acceptors (Lipinski definition) is 3. The van der Waals surface area contributed by atoms with Crippen molar-refractivity contribution in [2.75, 3.05) is 13.1 Å². The maximum Gasteiger partial charge on any atom is 0.315 e. The highest BCUT2D eigenvalue weighted by Crippen LogP contribution is 2.14. The van der Waals surface area contributed by atoms with E-state index in [1.54, 1.807) is 0 Å². The Balaban J connectivity index is 1.46. The van der Waals surface area contributed by atoms with E-state index in [4.69, 9.17) is 0 Å². The zero-order valence-corrected chi connectivity index (χ0v) is 17.8. The average Bonchev–Trinajstić information content (AvgIpc) is 3.18. The molecule has 2 unspecified atom stereocenters. The summed E-state index contributed by atoms with van der Waals surface area (Å²) in [5, 5.41) is 8.80. The van der Waals surface area contributed by atoms with Crippen LogP contribution in [0.4, 0.5) is 4.79 Å². The summed E-state index contributed by atoms with van der Waals surface area (Å²) in [4.78, 5) is 27.5. The van der Waals surface area contributed by atoms with Crippen LogP contribution in [0, 0.1) is 5.92 Å². The molecule has 0 bridgehead atoms. The van der Waals surface area contributed by atoms with Crippen molar-refractivity contribution in [2.45, 2.75) is 45.4 Å². The van der Waals surface area contributed by atoms with Gasteiger partial charge in [0, 0.05) is 32.2 Å². The molecular weight excluding hydrogens is 376 g/mol. The number of nitrogens with one attached hydrogen (secondary N) is 3. The summed E-state index contributed by atoms with van der Waals surface area (Å²) in [6.45, 7) is 6.98. The van der Waals surface area contributed by atoms with Crippen LogP contribution in [-0.2, 0) is 17.9 Å². The lowest BCUT2D eigenvalue weighted by Gasteiger charge is -2.24. The Hall–Kier alpha value is -2.86. The maximum absolute atomic E-state index is 12.8. The van der Waals surface area contributed by atoms with Gasteiger partial charge in [0.1, 0.15) is 6.04 Å². The number of amides is 3. The molecule has 0 aliphatic carbocycles. The molecule has 0 radical (unpaired) electrons. The van der Waals surface area contributed by atoms with Crippen LogP contribution in [0.2, 0.25) is 0 Å². The van der Waals surface area contributed by atoms with Crippen LogP contribution in [0.25, 0.3) is 0 Å². The number of carbonyl (C=O) groups excluding carboxylic acids is 2. The third-order valence-electron chi connectivity index (χ3n) is 5.40. The van der Waals surface area contributed by atoms with Crippen LogP contribution < -0.4 is 16.0 Å². The second kappa shape index (κ2) is 10.8. The molecule has 3 rings (SSSR count). The van der Waals surface area contributed by atoms with Crippen LogP contribution in [0.3, 0.4) is 0 Å². The molecule has 160 valence electrons. The molecule has 0 saturated carbocycles. The van der Waals surface area contributed by atoms with E-state index in [0.29, 0.717) is 6.54 Å². The van der Waals surface area contributed by atoms with Crippen LogP contribution in [0.5, 0.6) is 0 Å². The van der Waals surface area contributed by atoms with Gasteiger partial charge in [0.05, 0.1) is 0 Å². The monoisotopic (exact) mass is 408 g/mol.